The number of nitrogens with two attached hydrogens (primary N) is 1. The summed E-state index contributed by atoms with van der Waals surface area (Å²) < 4.78 is 11.0. The quantitative estimate of drug-likeness (QED) is 0.252. The largest absolute Gasteiger partial charge is 0.481 e. The number of hydrogen-bond acceptors (Lipinski definition) is 5. The normalized spacial score (nSPS) is 11.1. The lowest BCUT2D eigenvalue weighted by atomic mass is 10.0. The van der Waals surface area contributed by atoms with E-state index in [1.54, 1.807) is 6.21 Å². The second kappa shape index (κ2) is 11.1. The number of benzene rings is 3. The molecule has 1 amide bonds. The summed E-state index contributed by atoms with van der Waals surface area (Å²) in [6, 6.07) is 19.8. The molecule has 3 aromatic carbocycles. The molecule has 0 atom stereocenters. The molecule has 6 heteroatoms. The average molecular weight is 444 g/mol. The molecule has 3 rings (SSSR count). The molecular weight excluding hydrogens is 414 g/mol. The van der Waals surface area contributed by atoms with Crippen LogP contribution in [0, 0.1) is 11.8 Å². The Bertz CT molecular complexity index is 1200. The van der Waals surface area contributed by atoms with Crippen molar-refractivity contribution >= 4 is 23.1 Å². The van der Waals surface area contributed by atoms with E-state index in [1.165, 1.54) is 0 Å². The third-order valence-electron chi connectivity index (χ3n) is 4.63. The molecule has 0 bridgehead atoms. The number of rotatable bonds is 6. The topological polar surface area (TPSA) is 85.9 Å². The first-order valence-electron chi connectivity index (χ1n) is 10.7. The molecular formula is C27H29N3O3. The number of fused-ring (bicyclic) bond motifs is 1. The van der Waals surface area contributed by atoms with Crippen molar-refractivity contribution in [2.24, 2.45) is 10.9 Å². The lowest BCUT2D eigenvalue weighted by Crippen LogP contribution is -2.41. The van der Waals surface area contributed by atoms with Crippen LogP contribution < -0.4 is 15.9 Å². The zero-order valence-electron chi connectivity index (χ0n) is 19.2. The summed E-state index contributed by atoms with van der Waals surface area (Å²) in [6.45, 7) is 6.30. The van der Waals surface area contributed by atoms with Crippen molar-refractivity contribution in [3.05, 3.63) is 77.4 Å². The third-order valence-corrected chi connectivity index (χ3v) is 4.63. The standard InChI is InChI=1S/C27H29N3O3/c1-27(2,3)30-26(31)33-15-13-21-6-4-8-25(18-21)32-14-5-7-20-9-11-24-17-22(19-29-28)10-12-23(24)16-20/h4,6,8-12,16-19H,13-15,28H2,1-3H3,(H,30,31)/b29-19+. The fraction of sp³-hybridized carbons (Fsp3) is 0.259. The molecule has 0 unspecified atom stereocenters. The number of carbonyl (C=O) groups excluding carboxylic acids is 1. The van der Waals surface area contributed by atoms with Gasteiger partial charge in [0.25, 0.3) is 0 Å². The highest BCUT2D eigenvalue weighted by molar-refractivity contribution is 5.91. The van der Waals surface area contributed by atoms with E-state index in [2.05, 4.69) is 22.3 Å². The number of alkyl carbamates (subject to hydrolysis) is 1. The van der Waals surface area contributed by atoms with E-state index in [-0.39, 0.29) is 12.1 Å². The maximum Gasteiger partial charge on any atom is 0.407 e. The summed E-state index contributed by atoms with van der Waals surface area (Å²) in [6.07, 6.45) is 1.82. The molecule has 0 saturated heterocycles. The molecule has 6 nitrogen and oxygen atoms in total. The second-order valence-electron chi connectivity index (χ2n) is 8.60. The van der Waals surface area contributed by atoms with Crippen LogP contribution in [0.4, 0.5) is 4.79 Å². The summed E-state index contributed by atoms with van der Waals surface area (Å²) in [5.74, 6) is 12.1. The average Bonchev–Trinajstić information content (AvgIpc) is 2.76. The molecule has 33 heavy (non-hydrogen) atoms. The predicted molar refractivity (Wildman–Crippen MR) is 132 cm³/mol. The van der Waals surface area contributed by atoms with Crippen molar-refractivity contribution in [2.45, 2.75) is 32.7 Å². The van der Waals surface area contributed by atoms with Gasteiger partial charge >= 0.3 is 6.09 Å². The smallest absolute Gasteiger partial charge is 0.407 e. The van der Waals surface area contributed by atoms with E-state index in [1.807, 2.05) is 81.4 Å². The summed E-state index contributed by atoms with van der Waals surface area (Å²) in [5, 5.41) is 8.53. The highest BCUT2D eigenvalue weighted by Crippen LogP contribution is 2.17. The molecule has 0 aliphatic heterocycles. The minimum Gasteiger partial charge on any atom is -0.481 e. The van der Waals surface area contributed by atoms with Gasteiger partial charge in [0.2, 0.25) is 0 Å². The van der Waals surface area contributed by atoms with Gasteiger partial charge in [0.1, 0.15) is 12.4 Å². The van der Waals surface area contributed by atoms with Crippen LogP contribution in [-0.4, -0.2) is 31.1 Å². The lowest BCUT2D eigenvalue weighted by Gasteiger charge is -2.19. The number of hydrazone groups is 1. The van der Waals surface area contributed by atoms with Crippen LogP contribution in [0.1, 0.15) is 37.5 Å². The van der Waals surface area contributed by atoms with Crippen molar-refractivity contribution in [1.29, 1.82) is 0 Å². The fourth-order valence-electron chi connectivity index (χ4n) is 3.16. The highest BCUT2D eigenvalue weighted by Gasteiger charge is 2.14. The van der Waals surface area contributed by atoms with Crippen LogP contribution >= 0.6 is 0 Å². The lowest BCUT2D eigenvalue weighted by molar-refractivity contribution is 0.139. The van der Waals surface area contributed by atoms with Crippen LogP contribution in [0.5, 0.6) is 5.75 Å². The zero-order valence-corrected chi connectivity index (χ0v) is 19.2. The Morgan fingerprint density at radius 3 is 2.67 bits per heavy atom. The van der Waals surface area contributed by atoms with E-state index in [0.717, 1.165) is 33.2 Å². The van der Waals surface area contributed by atoms with E-state index in [0.29, 0.717) is 13.0 Å². The van der Waals surface area contributed by atoms with Gasteiger partial charge in [-0.2, -0.15) is 5.10 Å². The maximum absolute atomic E-state index is 11.7. The fourth-order valence-corrected chi connectivity index (χ4v) is 3.16. The van der Waals surface area contributed by atoms with Gasteiger partial charge in [0.15, 0.2) is 0 Å². The molecule has 0 spiro atoms. The van der Waals surface area contributed by atoms with Crippen molar-refractivity contribution in [3.63, 3.8) is 0 Å². The Kier molecular flexibility index (Phi) is 7.93. The Balaban J connectivity index is 1.51. The summed E-state index contributed by atoms with van der Waals surface area (Å²) in [7, 11) is 0. The summed E-state index contributed by atoms with van der Waals surface area (Å²) in [5.41, 5.74) is 2.59. The molecule has 0 aliphatic carbocycles. The first-order chi connectivity index (χ1) is 15.8. The van der Waals surface area contributed by atoms with Crippen LogP contribution in [0.15, 0.2) is 65.8 Å². The monoisotopic (exact) mass is 443 g/mol. The Hall–Kier alpha value is -3.98. The highest BCUT2D eigenvalue weighted by atomic mass is 16.5. The van der Waals surface area contributed by atoms with Gasteiger partial charge < -0.3 is 20.6 Å². The van der Waals surface area contributed by atoms with Crippen LogP contribution in [0.3, 0.4) is 0 Å². The van der Waals surface area contributed by atoms with E-state index in [4.69, 9.17) is 15.3 Å². The number of hydrogen-bond donors (Lipinski definition) is 2. The Morgan fingerprint density at radius 1 is 1.09 bits per heavy atom. The summed E-state index contributed by atoms with van der Waals surface area (Å²) in [4.78, 5) is 11.7. The number of carbonyl (C=O) groups is 1. The third kappa shape index (κ3) is 7.89. The van der Waals surface area contributed by atoms with E-state index < -0.39 is 6.09 Å². The first kappa shape index (κ1) is 23.7. The maximum atomic E-state index is 11.7. The van der Waals surface area contributed by atoms with Crippen molar-refractivity contribution < 1.29 is 14.3 Å². The van der Waals surface area contributed by atoms with Crippen molar-refractivity contribution in [1.82, 2.24) is 5.32 Å². The molecule has 0 radical (unpaired) electrons. The molecule has 170 valence electrons. The van der Waals surface area contributed by atoms with Crippen LogP contribution in [0.25, 0.3) is 10.8 Å². The van der Waals surface area contributed by atoms with Gasteiger partial charge in [-0.1, -0.05) is 42.2 Å². The Labute approximate surface area is 194 Å². The van der Waals surface area contributed by atoms with Crippen molar-refractivity contribution in [3.8, 4) is 17.6 Å². The molecule has 3 aromatic rings. The van der Waals surface area contributed by atoms with Crippen molar-refractivity contribution in [2.75, 3.05) is 13.2 Å². The van der Waals surface area contributed by atoms with Gasteiger partial charge in [0.05, 0.1) is 12.8 Å². The molecule has 0 saturated carbocycles. The van der Waals surface area contributed by atoms with E-state index in [9.17, 15) is 4.79 Å². The van der Waals surface area contributed by atoms with E-state index >= 15 is 0 Å². The number of nitrogens with zero attached hydrogens (tertiary/aromatic N) is 1. The van der Waals surface area contributed by atoms with Gasteiger partial charge in [-0.05, 0) is 73.0 Å². The minimum atomic E-state index is -0.413. The van der Waals surface area contributed by atoms with Gasteiger partial charge in [-0.25, -0.2) is 4.79 Å². The number of ether oxygens (including phenoxy) is 2. The predicted octanol–water partition coefficient (Wildman–Crippen LogP) is 4.63. The van der Waals surface area contributed by atoms with Gasteiger partial charge in [-0.15, -0.1) is 0 Å². The first-order valence-corrected chi connectivity index (χ1v) is 10.7. The Morgan fingerprint density at radius 2 is 1.88 bits per heavy atom. The molecule has 0 aromatic heterocycles. The van der Waals surface area contributed by atoms with Crippen LogP contribution in [-0.2, 0) is 11.2 Å². The number of amides is 1. The zero-order chi connectivity index (χ0) is 23.7. The summed E-state index contributed by atoms with van der Waals surface area (Å²) >= 11 is 0. The molecule has 3 N–H and O–H groups in total. The molecule has 0 heterocycles. The minimum absolute atomic E-state index is 0.276. The van der Waals surface area contributed by atoms with Gasteiger partial charge in [-0.3, -0.25) is 0 Å². The number of nitrogens with one attached hydrogen (secondary N) is 1. The second-order valence-corrected chi connectivity index (χ2v) is 8.60. The molecule has 0 fully saturated rings. The molecule has 0 aliphatic rings. The van der Waals surface area contributed by atoms with Gasteiger partial charge in [0, 0.05) is 17.5 Å². The van der Waals surface area contributed by atoms with Crippen LogP contribution in [0.2, 0.25) is 0 Å². The SMILES string of the molecule is CC(C)(C)NC(=O)OCCc1cccc(OCC#Cc2ccc3cc(/C=N/N)ccc3c2)c1.